The lowest BCUT2D eigenvalue weighted by Gasteiger charge is -2.40. The van der Waals surface area contributed by atoms with Crippen LogP contribution >= 0.6 is 0 Å². The number of rotatable bonds is 3. The van der Waals surface area contributed by atoms with Crippen LogP contribution in [0.25, 0.3) is 0 Å². The molecule has 0 saturated heterocycles. The number of hydrogen-bond acceptors (Lipinski definition) is 3. The Kier molecular flexibility index (Phi) is 2.76. The topological polar surface area (TPSA) is 44.5 Å². The summed E-state index contributed by atoms with van der Waals surface area (Å²) in [5.74, 6) is 1.18. The molecule has 1 fully saturated rings. The predicted octanol–water partition coefficient (Wildman–Crippen LogP) is 1.99. The van der Waals surface area contributed by atoms with Gasteiger partial charge in [-0.25, -0.2) is 4.39 Å². The van der Waals surface area contributed by atoms with E-state index in [1.807, 2.05) is 0 Å². The van der Waals surface area contributed by atoms with E-state index in [0.717, 1.165) is 0 Å². The molecule has 4 heteroatoms. The second kappa shape index (κ2) is 3.94. The Morgan fingerprint density at radius 2 is 2.00 bits per heavy atom. The van der Waals surface area contributed by atoms with Gasteiger partial charge in [0.15, 0.2) is 0 Å². The van der Waals surface area contributed by atoms with Gasteiger partial charge in [-0.05, 0) is 18.2 Å². The summed E-state index contributed by atoms with van der Waals surface area (Å²) in [6.07, 6.45) is 0.688. The van der Waals surface area contributed by atoms with Crippen molar-refractivity contribution in [3.05, 3.63) is 23.8 Å². The summed E-state index contributed by atoms with van der Waals surface area (Å²) in [5, 5.41) is 0. The molecular formula is C12H16FNO2. The number of hydrogen-bond donors (Lipinski definition) is 1. The molecule has 88 valence electrons. The van der Waals surface area contributed by atoms with Gasteiger partial charge >= 0.3 is 0 Å². The summed E-state index contributed by atoms with van der Waals surface area (Å²) in [7, 11) is 3.09. The Balaban J connectivity index is 2.37. The van der Waals surface area contributed by atoms with Crippen LogP contribution in [0.2, 0.25) is 0 Å². The molecule has 1 aliphatic carbocycles. The normalized spacial score (nSPS) is 28.4. The monoisotopic (exact) mass is 225 g/mol. The second-order valence-electron chi connectivity index (χ2n) is 4.20. The fourth-order valence-corrected chi connectivity index (χ4v) is 2.16. The molecule has 1 aromatic rings. The van der Waals surface area contributed by atoms with Crippen LogP contribution in [-0.2, 0) is 5.67 Å². The quantitative estimate of drug-likeness (QED) is 0.855. The van der Waals surface area contributed by atoms with Crippen molar-refractivity contribution in [2.75, 3.05) is 14.2 Å². The maximum atomic E-state index is 14.4. The van der Waals surface area contributed by atoms with Crippen LogP contribution in [0.15, 0.2) is 18.2 Å². The highest BCUT2D eigenvalue weighted by Crippen LogP contribution is 2.48. The lowest BCUT2D eigenvalue weighted by molar-refractivity contribution is 0.0378. The summed E-state index contributed by atoms with van der Waals surface area (Å²) in [6.45, 7) is 0. The van der Waals surface area contributed by atoms with E-state index >= 15 is 0 Å². The molecule has 0 amide bonds. The van der Waals surface area contributed by atoms with Gasteiger partial charge in [0, 0.05) is 24.4 Å². The van der Waals surface area contributed by atoms with Gasteiger partial charge < -0.3 is 15.2 Å². The molecule has 0 atom stereocenters. The fraction of sp³-hybridized carbons (Fsp3) is 0.500. The lowest BCUT2D eigenvalue weighted by Crippen LogP contribution is -2.46. The minimum atomic E-state index is -1.36. The van der Waals surface area contributed by atoms with Gasteiger partial charge in [-0.1, -0.05) is 0 Å². The average Bonchev–Trinajstić information content (AvgIpc) is 2.26. The first-order valence-corrected chi connectivity index (χ1v) is 5.26. The van der Waals surface area contributed by atoms with E-state index in [2.05, 4.69) is 0 Å². The number of nitrogens with two attached hydrogens (primary N) is 1. The molecule has 3 nitrogen and oxygen atoms in total. The van der Waals surface area contributed by atoms with E-state index in [-0.39, 0.29) is 6.04 Å². The molecule has 0 aliphatic heterocycles. The molecule has 0 radical (unpaired) electrons. The van der Waals surface area contributed by atoms with E-state index in [1.165, 1.54) is 7.11 Å². The molecular weight excluding hydrogens is 209 g/mol. The predicted molar refractivity (Wildman–Crippen MR) is 59.5 cm³/mol. The number of halogens is 1. The minimum Gasteiger partial charge on any atom is -0.497 e. The first kappa shape index (κ1) is 11.2. The van der Waals surface area contributed by atoms with E-state index in [4.69, 9.17) is 15.2 Å². The first-order chi connectivity index (χ1) is 7.59. The summed E-state index contributed by atoms with van der Waals surface area (Å²) in [6, 6.07) is 5.11. The van der Waals surface area contributed by atoms with Crippen molar-refractivity contribution in [3.63, 3.8) is 0 Å². The number of benzene rings is 1. The average molecular weight is 225 g/mol. The number of ether oxygens (including phenoxy) is 2. The molecule has 2 N–H and O–H groups in total. The zero-order chi connectivity index (χ0) is 11.8. The van der Waals surface area contributed by atoms with E-state index < -0.39 is 5.67 Å². The lowest BCUT2D eigenvalue weighted by atomic mass is 9.73. The van der Waals surface area contributed by atoms with E-state index in [0.29, 0.717) is 29.9 Å². The first-order valence-electron chi connectivity index (χ1n) is 5.26. The van der Waals surface area contributed by atoms with Crippen molar-refractivity contribution >= 4 is 0 Å². The second-order valence-corrected chi connectivity index (χ2v) is 4.20. The van der Waals surface area contributed by atoms with Gasteiger partial charge in [-0.15, -0.1) is 0 Å². The molecule has 1 saturated carbocycles. The third kappa shape index (κ3) is 1.73. The molecule has 16 heavy (non-hydrogen) atoms. The zero-order valence-electron chi connectivity index (χ0n) is 9.50. The van der Waals surface area contributed by atoms with Crippen LogP contribution in [-0.4, -0.2) is 20.3 Å². The van der Waals surface area contributed by atoms with Gasteiger partial charge in [0.2, 0.25) is 0 Å². The Bertz CT molecular complexity index is 389. The van der Waals surface area contributed by atoms with Gasteiger partial charge in [-0.3, -0.25) is 0 Å². The fourth-order valence-electron chi connectivity index (χ4n) is 2.16. The summed E-state index contributed by atoms with van der Waals surface area (Å²) < 4.78 is 24.7. The standard InChI is InChI=1S/C12H16FNO2/c1-15-9-3-4-11(16-2)10(5-9)12(13)6-8(14)7-12/h3-5,8H,6-7,14H2,1-2H3. The molecule has 0 aromatic heterocycles. The maximum Gasteiger partial charge on any atom is 0.142 e. The van der Waals surface area contributed by atoms with Crippen molar-refractivity contribution in [1.29, 1.82) is 0 Å². The summed E-state index contributed by atoms with van der Waals surface area (Å²) in [4.78, 5) is 0. The van der Waals surface area contributed by atoms with Gasteiger partial charge in [0.1, 0.15) is 17.2 Å². The van der Waals surface area contributed by atoms with E-state index in [9.17, 15) is 4.39 Å². The van der Waals surface area contributed by atoms with Crippen LogP contribution < -0.4 is 15.2 Å². The highest BCUT2D eigenvalue weighted by Gasteiger charge is 2.46. The summed E-state index contributed by atoms with van der Waals surface area (Å²) >= 11 is 0. The molecule has 0 unspecified atom stereocenters. The highest BCUT2D eigenvalue weighted by atomic mass is 19.1. The third-order valence-electron chi connectivity index (χ3n) is 3.06. The largest absolute Gasteiger partial charge is 0.497 e. The van der Waals surface area contributed by atoms with Crippen LogP contribution in [0.1, 0.15) is 18.4 Å². The van der Waals surface area contributed by atoms with E-state index in [1.54, 1.807) is 25.3 Å². The maximum absolute atomic E-state index is 14.4. The Morgan fingerprint density at radius 1 is 1.31 bits per heavy atom. The van der Waals surface area contributed by atoms with Crippen LogP contribution in [0, 0.1) is 0 Å². The molecule has 2 rings (SSSR count). The van der Waals surface area contributed by atoms with Crippen LogP contribution in [0.3, 0.4) is 0 Å². The Morgan fingerprint density at radius 3 is 2.50 bits per heavy atom. The zero-order valence-corrected chi connectivity index (χ0v) is 9.50. The van der Waals surface area contributed by atoms with Crippen molar-refractivity contribution in [2.24, 2.45) is 5.73 Å². The van der Waals surface area contributed by atoms with Crippen LogP contribution in [0.5, 0.6) is 11.5 Å². The van der Waals surface area contributed by atoms with Crippen LogP contribution in [0.4, 0.5) is 4.39 Å². The molecule has 0 heterocycles. The Labute approximate surface area is 94.3 Å². The van der Waals surface area contributed by atoms with Crippen molar-refractivity contribution < 1.29 is 13.9 Å². The van der Waals surface area contributed by atoms with Gasteiger partial charge in [-0.2, -0.15) is 0 Å². The van der Waals surface area contributed by atoms with Crippen molar-refractivity contribution in [1.82, 2.24) is 0 Å². The van der Waals surface area contributed by atoms with Gasteiger partial charge in [0.25, 0.3) is 0 Å². The summed E-state index contributed by atoms with van der Waals surface area (Å²) in [5.41, 5.74) is 4.82. The van der Waals surface area contributed by atoms with Gasteiger partial charge in [0.05, 0.1) is 14.2 Å². The molecule has 0 bridgehead atoms. The molecule has 1 aromatic carbocycles. The third-order valence-corrected chi connectivity index (χ3v) is 3.06. The number of methoxy groups -OCH3 is 2. The number of alkyl halides is 1. The van der Waals surface area contributed by atoms with Crippen molar-refractivity contribution in [3.8, 4) is 11.5 Å². The smallest absolute Gasteiger partial charge is 0.142 e. The molecule has 1 aliphatic rings. The van der Waals surface area contributed by atoms with Crippen molar-refractivity contribution in [2.45, 2.75) is 24.6 Å². The Hall–Kier alpha value is -1.29. The minimum absolute atomic E-state index is 0.0547. The highest BCUT2D eigenvalue weighted by molar-refractivity contribution is 5.45. The molecule has 0 spiro atoms. The SMILES string of the molecule is COc1ccc(OC)c(C2(F)CC(N)C2)c1.